The van der Waals surface area contributed by atoms with E-state index in [4.69, 9.17) is 5.11 Å². The maximum Gasteiger partial charge on any atom is 0.303 e. The van der Waals surface area contributed by atoms with Crippen LogP contribution in [0.3, 0.4) is 0 Å². The zero-order valence-electron chi connectivity index (χ0n) is 15.5. The quantitative estimate of drug-likeness (QED) is 0.290. The summed E-state index contributed by atoms with van der Waals surface area (Å²) in [4.78, 5) is 10.5. The number of aliphatic hydroxyl groups excluding tert-OH is 1. The number of rotatable bonds is 16. The Bertz CT molecular complexity index is 353. The summed E-state index contributed by atoms with van der Waals surface area (Å²) in [5, 5.41) is 21.7. The zero-order valence-corrected chi connectivity index (χ0v) is 15.5. The van der Waals surface area contributed by atoms with Gasteiger partial charge in [0.05, 0.1) is 6.10 Å². The average molecular weight is 340 g/mol. The van der Waals surface area contributed by atoms with E-state index in [1.165, 1.54) is 12.8 Å². The lowest BCUT2D eigenvalue weighted by Crippen LogP contribution is -2.17. The topological polar surface area (TPSA) is 69.6 Å². The molecule has 2 unspecified atom stereocenters. The summed E-state index contributed by atoms with van der Waals surface area (Å²) in [6.45, 7) is 3.11. The van der Waals surface area contributed by atoms with Gasteiger partial charge in [-0.2, -0.15) is 0 Å². The molecule has 0 saturated carbocycles. The fourth-order valence-corrected chi connectivity index (χ4v) is 2.68. The SMILES string of the molecule is CCCCCC(O)C=CC=CC(CCCCCCC(=O)O)CNC. The van der Waals surface area contributed by atoms with E-state index in [1.807, 2.05) is 25.3 Å². The van der Waals surface area contributed by atoms with Gasteiger partial charge >= 0.3 is 5.97 Å². The highest BCUT2D eigenvalue weighted by molar-refractivity contribution is 5.66. The van der Waals surface area contributed by atoms with Crippen molar-refractivity contribution in [3.8, 4) is 0 Å². The Kier molecular flexibility index (Phi) is 15.9. The van der Waals surface area contributed by atoms with E-state index in [2.05, 4.69) is 18.3 Å². The van der Waals surface area contributed by atoms with Gasteiger partial charge in [-0.15, -0.1) is 0 Å². The van der Waals surface area contributed by atoms with Crippen LogP contribution in [0.15, 0.2) is 24.3 Å². The van der Waals surface area contributed by atoms with Gasteiger partial charge in [0.2, 0.25) is 0 Å². The summed E-state index contributed by atoms with van der Waals surface area (Å²) in [5.74, 6) is -0.217. The third-order valence-corrected chi connectivity index (χ3v) is 4.11. The third kappa shape index (κ3) is 15.8. The van der Waals surface area contributed by atoms with Crippen molar-refractivity contribution in [2.75, 3.05) is 13.6 Å². The molecule has 0 amide bonds. The summed E-state index contributed by atoms with van der Waals surface area (Å²) >= 11 is 0. The molecule has 0 aromatic rings. The number of aliphatic hydroxyl groups is 1. The normalized spacial score (nSPS) is 14.5. The molecule has 0 fully saturated rings. The lowest BCUT2D eigenvalue weighted by molar-refractivity contribution is -0.137. The lowest BCUT2D eigenvalue weighted by atomic mass is 9.99. The maximum absolute atomic E-state index is 10.5. The lowest BCUT2D eigenvalue weighted by Gasteiger charge is -2.11. The molecule has 140 valence electrons. The highest BCUT2D eigenvalue weighted by Crippen LogP contribution is 2.13. The van der Waals surface area contributed by atoms with Gasteiger partial charge in [0.15, 0.2) is 0 Å². The first-order chi connectivity index (χ1) is 11.6. The number of aliphatic carboxylic acids is 1. The predicted octanol–water partition coefficient (Wildman–Crippen LogP) is 4.30. The molecular weight excluding hydrogens is 302 g/mol. The van der Waals surface area contributed by atoms with Crippen molar-refractivity contribution >= 4 is 5.97 Å². The minimum atomic E-state index is -0.699. The zero-order chi connectivity index (χ0) is 18.0. The summed E-state index contributed by atoms with van der Waals surface area (Å²) in [6.07, 6.45) is 17.4. The molecule has 0 radical (unpaired) electrons. The first-order valence-corrected chi connectivity index (χ1v) is 9.49. The molecule has 0 aliphatic rings. The Morgan fingerprint density at radius 1 is 1.00 bits per heavy atom. The number of carboxylic acids is 1. The van der Waals surface area contributed by atoms with E-state index in [0.29, 0.717) is 5.92 Å². The molecule has 0 heterocycles. The highest BCUT2D eigenvalue weighted by atomic mass is 16.4. The summed E-state index contributed by atoms with van der Waals surface area (Å²) in [6, 6.07) is 0. The highest BCUT2D eigenvalue weighted by Gasteiger charge is 2.03. The Hall–Kier alpha value is -1.13. The number of carboxylic acid groups (broad SMARTS) is 1. The van der Waals surface area contributed by atoms with Crippen LogP contribution in [0.25, 0.3) is 0 Å². The Labute approximate surface area is 148 Å². The van der Waals surface area contributed by atoms with Crippen molar-refractivity contribution in [1.82, 2.24) is 5.32 Å². The van der Waals surface area contributed by atoms with E-state index in [-0.39, 0.29) is 12.5 Å². The molecule has 2 atom stereocenters. The standard InChI is InChI=1S/C20H37NO3/c1-3-4-7-14-19(22)15-11-10-13-18(17-21-2)12-8-5-6-9-16-20(23)24/h10-11,13,15,18-19,21-22H,3-9,12,14,16-17H2,1-2H3,(H,23,24). The van der Waals surface area contributed by atoms with E-state index in [9.17, 15) is 9.90 Å². The van der Waals surface area contributed by atoms with E-state index in [1.54, 1.807) is 0 Å². The van der Waals surface area contributed by atoms with Gasteiger partial charge in [-0.3, -0.25) is 4.79 Å². The van der Waals surface area contributed by atoms with Crippen LogP contribution in [0.2, 0.25) is 0 Å². The van der Waals surface area contributed by atoms with Gasteiger partial charge < -0.3 is 15.5 Å². The van der Waals surface area contributed by atoms with E-state index >= 15 is 0 Å². The van der Waals surface area contributed by atoms with Crippen LogP contribution < -0.4 is 5.32 Å². The molecule has 0 bridgehead atoms. The molecule has 3 N–H and O–H groups in total. The van der Waals surface area contributed by atoms with Crippen molar-refractivity contribution in [2.45, 2.75) is 77.2 Å². The third-order valence-electron chi connectivity index (χ3n) is 4.11. The van der Waals surface area contributed by atoms with Crippen molar-refractivity contribution in [2.24, 2.45) is 5.92 Å². The molecule has 0 aromatic heterocycles. The van der Waals surface area contributed by atoms with Crippen molar-refractivity contribution < 1.29 is 15.0 Å². The Morgan fingerprint density at radius 3 is 2.33 bits per heavy atom. The molecule has 0 saturated heterocycles. The van der Waals surface area contributed by atoms with Gasteiger partial charge in [-0.25, -0.2) is 0 Å². The number of unbranched alkanes of at least 4 members (excludes halogenated alkanes) is 5. The number of carbonyl (C=O) groups is 1. The molecular formula is C20H37NO3. The number of nitrogens with one attached hydrogen (secondary N) is 1. The van der Waals surface area contributed by atoms with Gasteiger partial charge in [-0.05, 0) is 32.2 Å². The smallest absolute Gasteiger partial charge is 0.303 e. The van der Waals surface area contributed by atoms with Crippen LogP contribution in [0.1, 0.15) is 71.1 Å². The molecule has 0 aromatic carbocycles. The molecule has 0 aliphatic heterocycles. The van der Waals surface area contributed by atoms with Crippen molar-refractivity contribution in [3.63, 3.8) is 0 Å². The van der Waals surface area contributed by atoms with Crippen LogP contribution >= 0.6 is 0 Å². The van der Waals surface area contributed by atoms with Crippen molar-refractivity contribution in [3.05, 3.63) is 24.3 Å². The van der Waals surface area contributed by atoms with Gasteiger partial charge in [-0.1, -0.05) is 69.8 Å². The molecule has 4 heteroatoms. The molecule has 4 nitrogen and oxygen atoms in total. The van der Waals surface area contributed by atoms with E-state index in [0.717, 1.165) is 51.5 Å². The minimum absolute atomic E-state index is 0.283. The van der Waals surface area contributed by atoms with Crippen LogP contribution in [-0.2, 0) is 4.79 Å². The molecule has 24 heavy (non-hydrogen) atoms. The Balaban J connectivity index is 3.93. The summed E-state index contributed by atoms with van der Waals surface area (Å²) in [5.41, 5.74) is 0. The Morgan fingerprint density at radius 2 is 1.67 bits per heavy atom. The molecule has 0 aliphatic carbocycles. The van der Waals surface area contributed by atoms with Crippen LogP contribution in [0.4, 0.5) is 0 Å². The monoisotopic (exact) mass is 339 g/mol. The number of allylic oxidation sites excluding steroid dienone is 2. The van der Waals surface area contributed by atoms with E-state index < -0.39 is 5.97 Å². The fourth-order valence-electron chi connectivity index (χ4n) is 2.68. The first kappa shape index (κ1) is 22.9. The molecule has 0 rings (SSSR count). The van der Waals surface area contributed by atoms with Gasteiger partial charge in [0.1, 0.15) is 0 Å². The maximum atomic E-state index is 10.5. The van der Waals surface area contributed by atoms with Crippen LogP contribution in [0.5, 0.6) is 0 Å². The minimum Gasteiger partial charge on any atom is -0.481 e. The summed E-state index contributed by atoms with van der Waals surface area (Å²) in [7, 11) is 1.96. The van der Waals surface area contributed by atoms with Gasteiger partial charge in [0.25, 0.3) is 0 Å². The predicted molar refractivity (Wildman–Crippen MR) is 101 cm³/mol. The van der Waals surface area contributed by atoms with Crippen LogP contribution in [-0.4, -0.2) is 35.9 Å². The second-order valence-electron chi connectivity index (χ2n) is 6.50. The fraction of sp³-hybridized carbons (Fsp3) is 0.750. The average Bonchev–Trinajstić information content (AvgIpc) is 2.54. The van der Waals surface area contributed by atoms with Crippen molar-refractivity contribution in [1.29, 1.82) is 0 Å². The first-order valence-electron chi connectivity index (χ1n) is 9.49. The summed E-state index contributed by atoms with van der Waals surface area (Å²) < 4.78 is 0. The van der Waals surface area contributed by atoms with Gasteiger partial charge in [0, 0.05) is 13.0 Å². The van der Waals surface area contributed by atoms with Crippen LogP contribution in [0, 0.1) is 5.92 Å². The number of hydrogen-bond donors (Lipinski definition) is 3. The molecule has 0 spiro atoms. The largest absolute Gasteiger partial charge is 0.481 e. The second-order valence-corrected chi connectivity index (χ2v) is 6.50. The second kappa shape index (κ2) is 16.7. The number of hydrogen-bond acceptors (Lipinski definition) is 3.